The lowest BCUT2D eigenvalue weighted by Crippen LogP contribution is -2.45. The number of anilines is 1. The summed E-state index contributed by atoms with van der Waals surface area (Å²) in [6.07, 6.45) is 5.12. The molecule has 0 fully saturated rings. The second kappa shape index (κ2) is 7.55. The third-order valence-corrected chi connectivity index (χ3v) is 4.94. The summed E-state index contributed by atoms with van der Waals surface area (Å²) in [6.45, 7) is 9.79. The fourth-order valence-electron chi connectivity index (χ4n) is 3.73. The number of hydrogen-bond acceptors (Lipinski definition) is 3. The molecule has 0 amide bonds. The second-order valence-electron chi connectivity index (χ2n) is 7.48. The van der Waals surface area contributed by atoms with Crippen LogP contribution in [0.5, 0.6) is 5.75 Å². The van der Waals surface area contributed by atoms with E-state index < -0.39 is 0 Å². The number of allylic oxidation sites excluding steroid dienone is 1. The minimum absolute atomic E-state index is 0.0464. The molecule has 1 heterocycles. The maximum atomic E-state index is 13.4. The number of ether oxygens (including phenoxy) is 1. The molecule has 3 nitrogen and oxygen atoms in total. The molecular formula is C23H27FN2O. The first kappa shape index (κ1) is 19.2. The van der Waals surface area contributed by atoms with Gasteiger partial charge in [-0.1, -0.05) is 19.1 Å². The van der Waals surface area contributed by atoms with Crippen LogP contribution in [0.3, 0.4) is 0 Å². The summed E-state index contributed by atoms with van der Waals surface area (Å²) in [5.41, 5.74) is 5.02. The number of benzene rings is 2. The Morgan fingerprint density at radius 3 is 2.67 bits per heavy atom. The van der Waals surface area contributed by atoms with Gasteiger partial charge in [-0.15, -0.1) is 0 Å². The number of halogens is 1. The largest absolute Gasteiger partial charge is 0.496 e. The minimum Gasteiger partial charge on any atom is -0.496 e. The Morgan fingerprint density at radius 1 is 1.22 bits per heavy atom. The molecule has 4 heteroatoms. The Labute approximate surface area is 161 Å². The molecule has 0 saturated heterocycles. The minimum atomic E-state index is -0.293. The summed E-state index contributed by atoms with van der Waals surface area (Å²) < 4.78 is 19.0. The van der Waals surface area contributed by atoms with Crippen LogP contribution >= 0.6 is 0 Å². The number of nitrogens with zero attached hydrogens (tertiary/aromatic N) is 2. The first-order valence-electron chi connectivity index (χ1n) is 9.35. The van der Waals surface area contributed by atoms with E-state index in [0.717, 1.165) is 24.3 Å². The maximum absolute atomic E-state index is 13.4. The zero-order valence-corrected chi connectivity index (χ0v) is 16.7. The Bertz CT molecular complexity index is 899. The van der Waals surface area contributed by atoms with Gasteiger partial charge in [0.2, 0.25) is 0 Å². The van der Waals surface area contributed by atoms with Crippen molar-refractivity contribution in [3.05, 3.63) is 59.4 Å². The van der Waals surface area contributed by atoms with Crippen LogP contribution in [0.25, 0.3) is 5.57 Å². The van der Waals surface area contributed by atoms with Crippen molar-refractivity contribution in [2.75, 3.05) is 18.6 Å². The van der Waals surface area contributed by atoms with Crippen LogP contribution in [0.1, 0.15) is 45.2 Å². The zero-order chi connectivity index (χ0) is 19.6. The van der Waals surface area contributed by atoms with E-state index in [-0.39, 0.29) is 11.4 Å². The maximum Gasteiger partial charge on any atom is 0.129 e. The summed E-state index contributed by atoms with van der Waals surface area (Å²) in [5.74, 6) is 0.471. The average molecular weight is 366 g/mol. The molecule has 0 unspecified atom stereocenters. The molecule has 27 heavy (non-hydrogen) atoms. The molecule has 0 aliphatic carbocycles. The standard InChI is InChI=1S/C23H27FN2O/c1-6-10-26-21-13-22(27-5)17(11-20(21)16(2)14-23(26,3)4)15-25-19-9-7-8-18(24)12-19/h7-9,11-15H,6,10H2,1-5H3. The van der Waals surface area contributed by atoms with E-state index in [1.165, 1.54) is 29.0 Å². The first-order valence-corrected chi connectivity index (χ1v) is 9.35. The monoisotopic (exact) mass is 366 g/mol. The first-order chi connectivity index (χ1) is 12.9. The summed E-state index contributed by atoms with van der Waals surface area (Å²) in [4.78, 5) is 6.85. The van der Waals surface area contributed by atoms with Crippen molar-refractivity contribution in [2.45, 2.75) is 39.7 Å². The summed E-state index contributed by atoms with van der Waals surface area (Å²) >= 11 is 0. The number of aliphatic imine (C=N–C) groups is 1. The number of methoxy groups -OCH3 is 1. The van der Waals surface area contributed by atoms with Crippen molar-refractivity contribution < 1.29 is 9.13 Å². The van der Waals surface area contributed by atoms with Crippen LogP contribution < -0.4 is 9.64 Å². The van der Waals surface area contributed by atoms with Crippen LogP contribution in [0, 0.1) is 5.82 Å². The molecule has 0 radical (unpaired) electrons. The van der Waals surface area contributed by atoms with E-state index in [4.69, 9.17) is 4.74 Å². The van der Waals surface area contributed by atoms with Crippen molar-refractivity contribution in [2.24, 2.45) is 4.99 Å². The third kappa shape index (κ3) is 3.90. The molecule has 0 spiro atoms. The van der Waals surface area contributed by atoms with E-state index in [9.17, 15) is 4.39 Å². The molecule has 1 aliphatic heterocycles. The van der Waals surface area contributed by atoms with Gasteiger partial charge in [0, 0.05) is 35.6 Å². The predicted octanol–water partition coefficient (Wildman–Crippen LogP) is 6.00. The van der Waals surface area contributed by atoms with Crippen molar-refractivity contribution >= 4 is 23.2 Å². The van der Waals surface area contributed by atoms with E-state index in [1.54, 1.807) is 25.5 Å². The zero-order valence-electron chi connectivity index (χ0n) is 16.7. The van der Waals surface area contributed by atoms with Crippen molar-refractivity contribution in [3.8, 4) is 5.75 Å². The van der Waals surface area contributed by atoms with Gasteiger partial charge < -0.3 is 9.64 Å². The smallest absolute Gasteiger partial charge is 0.129 e. The lowest BCUT2D eigenvalue weighted by atomic mass is 9.87. The number of fused-ring (bicyclic) bond motifs is 1. The molecule has 0 bridgehead atoms. The normalized spacial score (nSPS) is 15.6. The lowest BCUT2D eigenvalue weighted by Gasteiger charge is -2.43. The van der Waals surface area contributed by atoms with Gasteiger partial charge in [0.15, 0.2) is 0 Å². The topological polar surface area (TPSA) is 24.8 Å². The molecule has 0 saturated carbocycles. The third-order valence-electron chi connectivity index (χ3n) is 4.94. The summed E-state index contributed by atoms with van der Waals surface area (Å²) in [6, 6.07) is 10.5. The highest BCUT2D eigenvalue weighted by atomic mass is 19.1. The summed E-state index contributed by atoms with van der Waals surface area (Å²) in [7, 11) is 1.67. The molecular weight excluding hydrogens is 339 g/mol. The average Bonchev–Trinajstić information content (AvgIpc) is 2.62. The van der Waals surface area contributed by atoms with Crippen LogP contribution in [0.15, 0.2) is 47.5 Å². The predicted molar refractivity (Wildman–Crippen MR) is 112 cm³/mol. The highest BCUT2D eigenvalue weighted by molar-refractivity contribution is 5.92. The Balaban J connectivity index is 2.07. The van der Waals surface area contributed by atoms with E-state index in [0.29, 0.717) is 5.69 Å². The lowest BCUT2D eigenvalue weighted by molar-refractivity contribution is 0.413. The van der Waals surface area contributed by atoms with Gasteiger partial charge in [-0.05, 0) is 57.0 Å². The van der Waals surface area contributed by atoms with Crippen molar-refractivity contribution in [1.29, 1.82) is 0 Å². The highest BCUT2D eigenvalue weighted by Gasteiger charge is 2.31. The van der Waals surface area contributed by atoms with Gasteiger partial charge >= 0.3 is 0 Å². The van der Waals surface area contributed by atoms with Gasteiger partial charge in [-0.2, -0.15) is 0 Å². The van der Waals surface area contributed by atoms with Crippen LogP contribution in [0.2, 0.25) is 0 Å². The number of rotatable bonds is 5. The molecule has 0 atom stereocenters. The van der Waals surface area contributed by atoms with E-state index in [1.807, 2.05) is 0 Å². The second-order valence-corrected chi connectivity index (χ2v) is 7.48. The molecule has 2 aromatic rings. The fourth-order valence-corrected chi connectivity index (χ4v) is 3.73. The molecule has 1 aliphatic rings. The SMILES string of the molecule is CCCN1c2cc(OC)c(C=Nc3cccc(F)c3)cc2C(C)=CC1(C)C. The summed E-state index contributed by atoms with van der Waals surface area (Å²) in [5, 5.41) is 0. The highest BCUT2D eigenvalue weighted by Crippen LogP contribution is 2.42. The molecule has 0 aromatic heterocycles. The van der Waals surface area contributed by atoms with E-state index in [2.05, 4.69) is 55.8 Å². The Morgan fingerprint density at radius 2 is 2.00 bits per heavy atom. The molecule has 2 aromatic carbocycles. The van der Waals surface area contributed by atoms with Crippen molar-refractivity contribution in [1.82, 2.24) is 0 Å². The van der Waals surface area contributed by atoms with E-state index >= 15 is 0 Å². The number of hydrogen-bond donors (Lipinski definition) is 0. The molecule has 142 valence electrons. The van der Waals surface area contributed by atoms with Crippen LogP contribution in [-0.2, 0) is 0 Å². The molecule has 0 N–H and O–H groups in total. The van der Waals surface area contributed by atoms with Gasteiger partial charge in [0.1, 0.15) is 11.6 Å². The van der Waals surface area contributed by atoms with Gasteiger partial charge in [0.05, 0.1) is 18.3 Å². The Hall–Kier alpha value is -2.62. The van der Waals surface area contributed by atoms with Gasteiger partial charge in [0.25, 0.3) is 0 Å². The van der Waals surface area contributed by atoms with Crippen LogP contribution in [0.4, 0.5) is 15.8 Å². The van der Waals surface area contributed by atoms with Gasteiger partial charge in [-0.3, -0.25) is 4.99 Å². The molecule has 3 rings (SSSR count). The van der Waals surface area contributed by atoms with Gasteiger partial charge in [-0.25, -0.2) is 4.39 Å². The quantitative estimate of drug-likeness (QED) is 0.607. The van der Waals surface area contributed by atoms with Crippen molar-refractivity contribution in [3.63, 3.8) is 0 Å². The fraction of sp³-hybridized carbons (Fsp3) is 0.348. The Kier molecular flexibility index (Phi) is 5.36. The van der Waals surface area contributed by atoms with Crippen LogP contribution in [-0.4, -0.2) is 25.4 Å².